The summed E-state index contributed by atoms with van der Waals surface area (Å²) in [7, 11) is 0.626. The Morgan fingerprint density at radius 2 is 2.29 bits per heavy atom. The van der Waals surface area contributed by atoms with Gasteiger partial charge in [-0.15, -0.1) is 0 Å². The first kappa shape index (κ1) is 15.8. The lowest BCUT2D eigenvalue weighted by Gasteiger charge is -2.18. The number of amides is 1. The summed E-state index contributed by atoms with van der Waals surface area (Å²) >= 11 is 0. The van der Waals surface area contributed by atoms with Crippen LogP contribution in [0, 0.1) is 5.92 Å². The lowest BCUT2D eigenvalue weighted by Crippen LogP contribution is -2.30. The number of sulfone groups is 1. The number of nitrogens with zero attached hydrogens (tertiary/aromatic N) is 3. The summed E-state index contributed by atoms with van der Waals surface area (Å²) in [6, 6.07) is 0. The van der Waals surface area contributed by atoms with E-state index >= 15 is 0 Å². The van der Waals surface area contributed by atoms with Crippen LogP contribution in [-0.4, -0.2) is 48.1 Å². The van der Waals surface area contributed by atoms with Crippen molar-refractivity contribution in [1.82, 2.24) is 14.5 Å². The van der Waals surface area contributed by atoms with Crippen LogP contribution in [-0.2, 0) is 28.1 Å². The van der Waals surface area contributed by atoms with Crippen LogP contribution < -0.4 is 0 Å². The highest BCUT2D eigenvalue weighted by Crippen LogP contribution is 2.19. The van der Waals surface area contributed by atoms with Gasteiger partial charge in [-0.25, -0.2) is 13.4 Å². The minimum absolute atomic E-state index is 0.0124. The van der Waals surface area contributed by atoms with E-state index in [0.717, 1.165) is 18.7 Å². The molecule has 0 unspecified atom stereocenters. The average molecular weight is 311 g/mol. The van der Waals surface area contributed by atoms with E-state index in [1.807, 2.05) is 17.8 Å². The van der Waals surface area contributed by atoms with Gasteiger partial charge >= 0.3 is 0 Å². The van der Waals surface area contributed by atoms with Gasteiger partial charge in [-0.1, -0.05) is 6.08 Å². The Morgan fingerprint density at radius 1 is 1.52 bits per heavy atom. The van der Waals surface area contributed by atoms with Gasteiger partial charge in [-0.2, -0.15) is 0 Å². The van der Waals surface area contributed by atoms with Crippen molar-refractivity contribution in [3.8, 4) is 0 Å². The van der Waals surface area contributed by atoms with Gasteiger partial charge in [-0.3, -0.25) is 4.79 Å². The Labute approximate surface area is 125 Å². The number of aryl methyl sites for hydroxylation is 2. The van der Waals surface area contributed by atoms with Gasteiger partial charge in [0, 0.05) is 57.2 Å². The first-order valence-corrected chi connectivity index (χ1v) is 8.70. The van der Waals surface area contributed by atoms with Gasteiger partial charge in [0.15, 0.2) is 9.84 Å². The smallest absolute Gasteiger partial charge is 0.222 e. The van der Waals surface area contributed by atoms with E-state index in [0.29, 0.717) is 6.54 Å². The number of imidazole rings is 1. The Balaban J connectivity index is 1.73. The van der Waals surface area contributed by atoms with E-state index < -0.39 is 9.84 Å². The molecule has 1 aliphatic rings. The molecule has 0 aromatic carbocycles. The lowest BCUT2D eigenvalue weighted by atomic mass is 10.1. The molecule has 6 nitrogen and oxygen atoms in total. The predicted octanol–water partition coefficient (Wildman–Crippen LogP) is 0.759. The topological polar surface area (TPSA) is 72.3 Å². The molecular formula is C14H21N3O3S. The fourth-order valence-corrected chi connectivity index (χ4v) is 3.78. The van der Waals surface area contributed by atoms with Gasteiger partial charge in [0.2, 0.25) is 5.91 Å². The number of rotatable bonds is 6. The van der Waals surface area contributed by atoms with Crippen molar-refractivity contribution in [1.29, 1.82) is 0 Å². The second-order valence-corrected chi connectivity index (χ2v) is 7.43. The van der Waals surface area contributed by atoms with Crippen LogP contribution in [0.2, 0.25) is 0 Å². The third-order valence-electron chi connectivity index (χ3n) is 3.68. The molecule has 1 aromatic heterocycles. The second-order valence-electron chi connectivity index (χ2n) is 5.50. The van der Waals surface area contributed by atoms with Crippen LogP contribution >= 0.6 is 0 Å². The molecular weight excluding hydrogens is 290 g/mol. The quantitative estimate of drug-likeness (QED) is 0.777. The van der Waals surface area contributed by atoms with E-state index in [2.05, 4.69) is 4.98 Å². The zero-order chi connectivity index (χ0) is 15.5. The Hall–Kier alpha value is -1.63. The van der Waals surface area contributed by atoms with Crippen LogP contribution in [0.25, 0.3) is 0 Å². The van der Waals surface area contributed by atoms with Crippen molar-refractivity contribution in [2.45, 2.75) is 19.3 Å². The molecule has 0 N–H and O–H groups in total. The summed E-state index contributed by atoms with van der Waals surface area (Å²) in [5, 5.41) is 1.21. The third-order valence-corrected chi connectivity index (χ3v) is 5.15. The molecule has 2 rings (SSSR count). The van der Waals surface area contributed by atoms with E-state index in [4.69, 9.17) is 0 Å². The molecule has 1 atom stereocenters. The lowest BCUT2D eigenvalue weighted by molar-refractivity contribution is -0.130. The zero-order valence-corrected chi connectivity index (χ0v) is 13.2. The van der Waals surface area contributed by atoms with Gasteiger partial charge < -0.3 is 9.47 Å². The molecule has 0 saturated heterocycles. The van der Waals surface area contributed by atoms with Crippen molar-refractivity contribution >= 4 is 15.7 Å². The largest absolute Gasteiger partial charge is 0.346 e. The van der Waals surface area contributed by atoms with Crippen LogP contribution in [0.5, 0.6) is 0 Å². The molecule has 1 amide bonds. The normalized spacial score (nSPS) is 19.8. The minimum Gasteiger partial charge on any atom is -0.346 e. The minimum atomic E-state index is -3.08. The van der Waals surface area contributed by atoms with Gasteiger partial charge in [0.05, 0.1) is 5.75 Å². The molecule has 2 heterocycles. The summed E-state index contributed by atoms with van der Waals surface area (Å²) in [4.78, 5) is 18.0. The van der Waals surface area contributed by atoms with Crippen molar-refractivity contribution in [3.05, 3.63) is 29.7 Å². The van der Waals surface area contributed by atoms with Crippen molar-refractivity contribution < 1.29 is 13.2 Å². The average Bonchev–Trinajstić information content (AvgIpc) is 2.95. The third kappa shape index (κ3) is 4.42. The highest BCUT2D eigenvalue weighted by atomic mass is 32.2. The molecule has 0 fully saturated rings. The first-order chi connectivity index (χ1) is 9.87. The molecule has 7 heteroatoms. The molecule has 0 radical (unpaired) electrons. The number of hydrogen-bond acceptors (Lipinski definition) is 4. The van der Waals surface area contributed by atoms with Crippen LogP contribution in [0.15, 0.2) is 23.9 Å². The van der Waals surface area contributed by atoms with Crippen molar-refractivity contribution in [2.75, 3.05) is 19.3 Å². The Bertz CT molecular complexity index is 634. The van der Waals surface area contributed by atoms with Crippen LogP contribution in [0.4, 0.5) is 0 Å². The summed E-state index contributed by atoms with van der Waals surface area (Å²) in [6.07, 6.45) is 7.20. The molecule has 1 aromatic rings. The maximum absolute atomic E-state index is 12.0. The van der Waals surface area contributed by atoms with Gasteiger partial charge in [0.1, 0.15) is 5.82 Å². The molecule has 0 aliphatic carbocycles. The molecule has 1 aliphatic heterocycles. The number of allylic oxidation sites excluding steroid dienone is 1. The Kier molecular flexibility index (Phi) is 4.82. The fraction of sp³-hybridized carbons (Fsp3) is 0.571. The summed E-state index contributed by atoms with van der Waals surface area (Å²) in [6.45, 7) is 0.648. The monoisotopic (exact) mass is 311 g/mol. The van der Waals surface area contributed by atoms with Gasteiger partial charge in [0.25, 0.3) is 0 Å². The number of carbonyl (C=O) groups is 1. The predicted molar refractivity (Wildman–Crippen MR) is 80.2 cm³/mol. The first-order valence-electron chi connectivity index (χ1n) is 6.98. The summed E-state index contributed by atoms with van der Waals surface area (Å²) < 4.78 is 24.6. The molecule has 0 spiro atoms. The van der Waals surface area contributed by atoms with E-state index in [-0.39, 0.29) is 24.0 Å². The SMILES string of the molecule is CN(CCCc1nccn1C)C(=O)C[C@@H]1C=CS(=O)(=O)C1. The molecule has 0 saturated carbocycles. The van der Waals surface area contributed by atoms with E-state index in [1.165, 1.54) is 5.41 Å². The summed E-state index contributed by atoms with van der Waals surface area (Å²) in [5.74, 6) is 0.863. The second kappa shape index (κ2) is 6.43. The zero-order valence-electron chi connectivity index (χ0n) is 12.4. The Morgan fingerprint density at radius 3 is 2.86 bits per heavy atom. The highest BCUT2D eigenvalue weighted by molar-refractivity contribution is 7.94. The van der Waals surface area contributed by atoms with Crippen LogP contribution in [0.3, 0.4) is 0 Å². The standard InChI is InChI=1S/C14H21N3O3S/c1-16-8-6-15-13(16)4-3-7-17(2)14(18)10-12-5-9-21(19,20)11-12/h5-6,8-9,12H,3-4,7,10-11H2,1-2H3/t12-/m0/s1. The molecule has 0 bridgehead atoms. The summed E-state index contributed by atoms with van der Waals surface area (Å²) in [5.41, 5.74) is 0. The number of hydrogen-bond donors (Lipinski definition) is 0. The fourth-order valence-electron chi connectivity index (χ4n) is 2.38. The van der Waals surface area contributed by atoms with E-state index in [1.54, 1.807) is 24.2 Å². The molecule has 116 valence electrons. The van der Waals surface area contributed by atoms with E-state index in [9.17, 15) is 13.2 Å². The number of aromatic nitrogens is 2. The van der Waals surface area contributed by atoms with Gasteiger partial charge in [-0.05, 0) is 6.42 Å². The van der Waals surface area contributed by atoms with Crippen LogP contribution in [0.1, 0.15) is 18.7 Å². The van der Waals surface area contributed by atoms with Crippen molar-refractivity contribution in [2.24, 2.45) is 13.0 Å². The van der Waals surface area contributed by atoms with Crippen molar-refractivity contribution in [3.63, 3.8) is 0 Å². The number of carbonyl (C=O) groups excluding carboxylic acids is 1. The molecule has 21 heavy (non-hydrogen) atoms. The maximum atomic E-state index is 12.0. The highest BCUT2D eigenvalue weighted by Gasteiger charge is 2.24. The maximum Gasteiger partial charge on any atom is 0.222 e.